The maximum Gasteiger partial charge on any atom is 0.267 e. The van der Waals surface area contributed by atoms with E-state index in [1.54, 1.807) is 6.92 Å². The molecule has 0 aliphatic heterocycles. The summed E-state index contributed by atoms with van der Waals surface area (Å²) < 4.78 is 18.8. The Labute approximate surface area is 168 Å². The first-order chi connectivity index (χ1) is 13.2. The SMILES string of the molecule is Cc1nc(COc2ccc(C(C)(C)C)cc2)sc1C(=O)Nc1ccc(F)cc1. The van der Waals surface area contributed by atoms with E-state index in [4.69, 9.17) is 4.74 Å². The monoisotopic (exact) mass is 398 g/mol. The van der Waals surface area contributed by atoms with Crippen LogP contribution >= 0.6 is 11.3 Å². The molecule has 0 spiro atoms. The Morgan fingerprint density at radius 1 is 1.11 bits per heavy atom. The van der Waals surface area contributed by atoms with Crippen molar-refractivity contribution in [3.05, 3.63) is 75.5 Å². The number of nitrogens with one attached hydrogen (secondary N) is 1. The van der Waals surface area contributed by atoms with Crippen LogP contribution in [0, 0.1) is 12.7 Å². The highest BCUT2D eigenvalue weighted by Gasteiger charge is 2.16. The number of carbonyl (C=O) groups excluding carboxylic acids is 1. The van der Waals surface area contributed by atoms with Crippen LogP contribution < -0.4 is 10.1 Å². The molecule has 3 aromatic rings. The molecule has 146 valence electrons. The van der Waals surface area contributed by atoms with E-state index >= 15 is 0 Å². The van der Waals surface area contributed by atoms with E-state index in [-0.39, 0.29) is 17.1 Å². The minimum absolute atomic E-state index is 0.0950. The highest BCUT2D eigenvalue weighted by Crippen LogP contribution is 2.26. The van der Waals surface area contributed by atoms with Crippen LogP contribution in [-0.2, 0) is 12.0 Å². The van der Waals surface area contributed by atoms with Crippen molar-refractivity contribution >= 4 is 22.9 Å². The molecule has 1 aromatic heterocycles. The average Bonchev–Trinajstić information content (AvgIpc) is 3.02. The largest absolute Gasteiger partial charge is 0.486 e. The van der Waals surface area contributed by atoms with Crippen molar-refractivity contribution in [1.82, 2.24) is 4.98 Å². The van der Waals surface area contributed by atoms with E-state index in [1.165, 1.54) is 41.2 Å². The van der Waals surface area contributed by atoms with Crippen LogP contribution in [0.15, 0.2) is 48.5 Å². The van der Waals surface area contributed by atoms with Crippen molar-refractivity contribution in [3.8, 4) is 5.75 Å². The lowest BCUT2D eigenvalue weighted by molar-refractivity contribution is 0.103. The predicted octanol–water partition coefficient (Wildman–Crippen LogP) is 5.72. The fraction of sp³-hybridized carbons (Fsp3) is 0.273. The van der Waals surface area contributed by atoms with E-state index in [9.17, 15) is 9.18 Å². The second kappa shape index (κ2) is 8.10. The molecular weight excluding hydrogens is 375 g/mol. The van der Waals surface area contributed by atoms with Crippen molar-refractivity contribution in [2.75, 3.05) is 5.32 Å². The van der Waals surface area contributed by atoms with Crippen LogP contribution in [0.2, 0.25) is 0 Å². The lowest BCUT2D eigenvalue weighted by Crippen LogP contribution is -2.11. The number of nitrogens with zero attached hydrogens (tertiary/aromatic N) is 1. The van der Waals surface area contributed by atoms with Crippen LogP contribution in [0.5, 0.6) is 5.75 Å². The van der Waals surface area contributed by atoms with Crippen LogP contribution in [-0.4, -0.2) is 10.9 Å². The third-order valence-corrected chi connectivity index (χ3v) is 5.36. The minimum Gasteiger partial charge on any atom is -0.486 e. The minimum atomic E-state index is -0.345. The summed E-state index contributed by atoms with van der Waals surface area (Å²) in [6.45, 7) is 8.58. The van der Waals surface area contributed by atoms with Gasteiger partial charge in [0.05, 0.1) is 5.69 Å². The zero-order chi connectivity index (χ0) is 20.3. The maximum absolute atomic E-state index is 13.0. The number of rotatable bonds is 5. The van der Waals surface area contributed by atoms with E-state index in [0.29, 0.717) is 22.9 Å². The number of halogens is 1. The van der Waals surface area contributed by atoms with Crippen LogP contribution in [0.3, 0.4) is 0 Å². The van der Waals surface area contributed by atoms with Gasteiger partial charge in [0, 0.05) is 5.69 Å². The summed E-state index contributed by atoms with van der Waals surface area (Å²) in [5.41, 5.74) is 2.52. The summed E-state index contributed by atoms with van der Waals surface area (Å²) in [6, 6.07) is 13.7. The van der Waals surface area contributed by atoms with Gasteiger partial charge in [0.1, 0.15) is 28.1 Å². The van der Waals surface area contributed by atoms with Gasteiger partial charge in [-0.1, -0.05) is 32.9 Å². The fourth-order valence-corrected chi connectivity index (χ4v) is 3.52. The first-order valence-electron chi connectivity index (χ1n) is 8.99. The number of amides is 1. The van der Waals surface area contributed by atoms with Crippen molar-refractivity contribution in [3.63, 3.8) is 0 Å². The highest BCUT2D eigenvalue weighted by molar-refractivity contribution is 7.13. The number of ether oxygens (including phenoxy) is 1. The zero-order valence-corrected chi connectivity index (χ0v) is 17.2. The predicted molar refractivity (Wildman–Crippen MR) is 111 cm³/mol. The molecule has 0 bridgehead atoms. The molecule has 4 nitrogen and oxygen atoms in total. The van der Waals surface area contributed by atoms with Gasteiger partial charge in [-0.25, -0.2) is 9.37 Å². The molecule has 0 radical (unpaired) electrons. The Hall–Kier alpha value is -2.73. The molecule has 28 heavy (non-hydrogen) atoms. The molecule has 0 atom stereocenters. The normalized spacial score (nSPS) is 11.3. The summed E-state index contributed by atoms with van der Waals surface area (Å²) in [7, 11) is 0. The topological polar surface area (TPSA) is 51.2 Å². The highest BCUT2D eigenvalue weighted by atomic mass is 32.1. The number of hydrogen-bond acceptors (Lipinski definition) is 4. The first kappa shape index (κ1) is 20.0. The molecule has 0 aliphatic carbocycles. The van der Waals surface area contributed by atoms with Gasteiger partial charge in [-0.2, -0.15) is 0 Å². The summed E-state index contributed by atoms with van der Waals surface area (Å²) >= 11 is 1.29. The number of carbonyl (C=O) groups is 1. The Morgan fingerprint density at radius 3 is 2.36 bits per heavy atom. The maximum atomic E-state index is 13.0. The van der Waals surface area contributed by atoms with Crippen molar-refractivity contribution in [1.29, 1.82) is 0 Å². The number of benzene rings is 2. The third-order valence-electron chi connectivity index (χ3n) is 4.23. The van der Waals surface area contributed by atoms with Gasteiger partial charge in [0.2, 0.25) is 0 Å². The van der Waals surface area contributed by atoms with Crippen molar-refractivity contribution in [2.24, 2.45) is 0 Å². The van der Waals surface area contributed by atoms with Gasteiger partial charge >= 0.3 is 0 Å². The van der Waals surface area contributed by atoms with Crippen LogP contribution in [0.4, 0.5) is 10.1 Å². The number of hydrogen-bond donors (Lipinski definition) is 1. The van der Waals surface area contributed by atoms with Gasteiger partial charge in [0.15, 0.2) is 0 Å². The van der Waals surface area contributed by atoms with Crippen molar-refractivity contribution in [2.45, 2.75) is 39.7 Å². The number of thiazole rings is 1. The number of aryl methyl sites for hydroxylation is 1. The van der Waals surface area contributed by atoms with E-state index in [1.807, 2.05) is 12.1 Å². The van der Waals surface area contributed by atoms with Crippen LogP contribution in [0.1, 0.15) is 46.7 Å². The molecule has 2 aromatic carbocycles. The molecule has 0 aliphatic rings. The molecule has 0 fully saturated rings. The molecule has 0 unspecified atom stereocenters. The van der Waals surface area contributed by atoms with Crippen LogP contribution in [0.25, 0.3) is 0 Å². The lowest BCUT2D eigenvalue weighted by atomic mass is 9.87. The fourth-order valence-electron chi connectivity index (χ4n) is 2.64. The Kier molecular flexibility index (Phi) is 5.79. The van der Waals surface area contributed by atoms with Gasteiger partial charge in [0.25, 0.3) is 5.91 Å². The van der Waals surface area contributed by atoms with E-state index in [0.717, 1.165) is 10.8 Å². The smallest absolute Gasteiger partial charge is 0.267 e. The quantitative estimate of drug-likeness (QED) is 0.598. The molecular formula is C22H23FN2O2S. The molecule has 1 heterocycles. The summed E-state index contributed by atoms with van der Waals surface area (Å²) in [4.78, 5) is 17.4. The van der Waals surface area contributed by atoms with Gasteiger partial charge < -0.3 is 10.1 Å². The Balaban J connectivity index is 1.63. The molecule has 0 saturated heterocycles. The second-order valence-corrected chi connectivity index (χ2v) is 8.63. The molecule has 3 rings (SSSR count). The summed E-state index contributed by atoms with van der Waals surface area (Å²) in [5, 5.41) is 3.48. The van der Waals surface area contributed by atoms with Gasteiger partial charge in [-0.15, -0.1) is 11.3 Å². The molecule has 1 N–H and O–H groups in total. The Morgan fingerprint density at radius 2 is 1.75 bits per heavy atom. The number of anilines is 1. The summed E-state index contributed by atoms with van der Waals surface area (Å²) in [5.74, 6) is 0.155. The molecule has 0 saturated carbocycles. The molecule has 6 heteroatoms. The lowest BCUT2D eigenvalue weighted by Gasteiger charge is -2.19. The van der Waals surface area contributed by atoms with Gasteiger partial charge in [-0.05, 0) is 54.3 Å². The number of aromatic nitrogens is 1. The zero-order valence-electron chi connectivity index (χ0n) is 16.4. The average molecular weight is 399 g/mol. The third kappa shape index (κ3) is 4.95. The van der Waals surface area contributed by atoms with E-state index < -0.39 is 0 Å². The summed E-state index contributed by atoms with van der Waals surface area (Å²) in [6.07, 6.45) is 0. The van der Waals surface area contributed by atoms with E-state index in [2.05, 4.69) is 43.2 Å². The standard InChI is InChI=1S/C22H23FN2O2S/c1-14-20(21(26)25-17-9-7-16(23)8-10-17)28-19(24-14)13-27-18-11-5-15(6-12-18)22(2,3)4/h5-12H,13H2,1-4H3,(H,25,26). The first-order valence-corrected chi connectivity index (χ1v) is 9.80. The Bertz CT molecular complexity index is 958. The molecule has 1 amide bonds. The van der Waals surface area contributed by atoms with Gasteiger partial charge in [-0.3, -0.25) is 4.79 Å². The second-order valence-electron chi connectivity index (χ2n) is 7.55. The van der Waals surface area contributed by atoms with Crippen molar-refractivity contribution < 1.29 is 13.9 Å².